The van der Waals surface area contributed by atoms with Gasteiger partial charge in [0.15, 0.2) is 0 Å². The van der Waals surface area contributed by atoms with Crippen LogP contribution in [0.4, 0.5) is 0 Å². The summed E-state index contributed by atoms with van der Waals surface area (Å²) in [5.41, 5.74) is 7.84. The van der Waals surface area contributed by atoms with Crippen molar-refractivity contribution in [2.45, 2.75) is 63.8 Å². The van der Waals surface area contributed by atoms with Crippen molar-refractivity contribution in [2.24, 2.45) is 18.7 Å². The summed E-state index contributed by atoms with van der Waals surface area (Å²) in [6.45, 7) is 5.59. The quantitative estimate of drug-likeness (QED) is 0.365. The lowest BCUT2D eigenvalue weighted by atomic mass is 9.83. The SMILES string of the molecule is CCCCN(CCCCN)C(=O)CN1CC(c2ccc3c(c2)CCO3)C(C(=O)O)C1CCc1nccn1C. The summed E-state index contributed by atoms with van der Waals surface area (Å²) in [5.74, 6) is 0.275. The molecule has 3 atom stereocenters. The van der Waals surface area contributed by atoms with E-state index in [4.69, 9.17) is 10.5 Å². The van der Waals surface area contributed by atoms with Crippen molar-refractivity contribution in [1.82, 2.24) is 19.4 Å². The summed E-state index contributed by atoms with van der Waals surface area (Å²) in [6.07, 6.45) is 9.53. The molecule has 0 bridgehead atoms. The lowest BCUT2D eigenvalue weighted by molar-refractivity contribution is -0.143. The average Bonchev–Trinajstić information content (AvgIpc) is 3.62. The number of carboxylic acid groups (broad SMARTS) is 1. The van der Waals surface area contributed by atoms with Crippen LogP contribution in [0.5, 0.6) is 5.75 Å². The number of carboxylic acids is 1. The van der Waals surface area contributed by atoms with Gasteiger partial charge in [-0.05, 0) is 49.4 Å². The fourth-order valence-electron chi connectivity index (χ4n) is 5.97. The highest BCUT2D eigenvalue weighted by Crippen LogP contribution is 2.41. The molecule has 9 nitrogen and oxygen atoms in total. The normalized spacial score (nSPS) is 20.9. The summed E-state index contributed by atoms with van der Waals surface area (Å²) in [6, 6.07) is 5.83. The number of nitrogens with two attached hydrogens (primary N) is 1. The molecule has 1 aromatic carbocycles. The third-order valence-corrected chi connectivity index (χ3v) is 8.11. The van der Waals surface area contributed by atoms with Crippen LogP contribution in [0.2, 0.25) is 0 Å². The minimum absolute atomic E-state index is 0.0737. The summed E-state index contributed by atoms with van der Waals surface area (Å²) in [4.78, 5) is 34.9. The Balaban J connectivity index is 1.58. The highest BCUT2D eigenvalue weighted by Gasteiger charge is 2.47. The van der Waals surface area contributed by atoms with Gasteiger partial charge in [-0.1, -0.05) is 25.5 Å². The number of aryl methyl sites for hydroxylation is 2. The lowest BCUT2D eigenvalue weighted by Gasteiger charge is -2.29. The zero-order chi connectivity index (χ0) is 27.1. The van der Waals surface area contributed by atoms with Gasteiger partial charge in [0.05, 0.1) is 19.1 Å². The second-order valence-corrected chi connectivity index (χ2v) is 10.7. The molecule has 1 amide bonds. The number of unbranched alkanes of at least 4 members (excludes halogenated alkanes) is 2. The van der Waals surface area contributed by atoms with Crippen LogP contribution in [0.3, 0.4) is 0 Å². The highest BCUT2D eigenvalue weighted by molar-refractivity contribution is 5.79. The van der Waals surface area contributed by atoms with E-state index in [9.17, 15) is 14.7 Å². The van der Waals surface area contributed by atoms with E-state index in [2.05, 4.69) is 22.9 Å². The molecular formula is C29H43N5O4. The van der Waals surface area contributed by atoms with Crippen LogP contribution < -0.4 is 10.5 Å². The first-order valence-corrected chi connectivity index (χ1v) is 14.1. The molecule has 208 valence electrons. The second-order valence-electron chi connectivity index (χ2n) is 10.7. The van der Waals surface area contributed by atoms with Crippen molar-refractivity contribution in [1.29, 1.82) is 0 Å². The fraction of sp³-hybridized carbons (Fsp3) is 0.621. The van der Waals surface area contributed by atoms with Gasteiger partial charge in [0.2, 0.25) is 5.91 Å². The average molecular weight is 526 g/mol. The number of nitrogens with zero attached hydrogens (tertiary/aromatic N) is 4. The first-order valence-electron chi connectivity index (χ1n) is 14.1. The van der Waals surface area contributed by atoms with Crippen molar-refractivity contribution >= 4 is 11.9 Å². The van der Waals surface area contributed by atoms with E-state index >= 15 is 0 Å². The molecule has 1 aromatic heterocycles. The summed E-state index contributed by atoms with van der Waals surface area (Å²) >= 11 is 0. The lowest BCUT2D eigenvalue weighted by Crippen LogP contribution is -2.45. The predicted molar refractivity (Wildman–Crippen MR) is 146 cm³/mol. The molecule has 4 rings (SSSR count). The molecule has 3 N–H and O–H groups in total. The minimum Gasteiger partial charge on any atom is -0.493 e. The number of hydrogen-bond donors (Lipinski definition) is 2. The fourth-order valence-corrected chi connectivity index (χ4v) is 5.97. The zero-order valence-corrected chi connectivity index (χ0v) is 22.8. The molecule has 9 heteroatoms. The maximum atomic E-state index is 13.6. The number of rotatable bonds is 14. The van der Waals surface area contributed by atoms with Crippen molar-refractivity contribution in [3.8, 4) is 5.75 Å². The number of amides is 1. The molecule has 2 aromatic rings. The molecule has 0 saturated carbocycles. The Morgan fingerprint density at radius 2 is 2.05 bits per heavy atom. The smallest absolute Gasteiger partial charge is 0.308 e. The van der Waals surface area contributed by atoms with Gasteiger partial charge in [0.25, 0.3) is 0 Å². The monoisotopic (exact) mass is 525 g/mol. The minimum atomic E-state index is -0.808. The summed E-state index contributed by atoms with van der Waals surface area (Å²) in [5, 5.41) is 10.5. The number of imidazole rings is 1. The number of hydrogen-bond acceptors (Lipinski definition) is 6. The number of likely N-dealkylation sites (tertiary alicyclic amines) is 1. The molecule has 0 aliphatic carbocycles. The van der Waals surface area contributed by atoms with E-state index in [-0.39, 0.29) is 24.4 Å². The number of aromatic nitrogens is 2. The summed E-state index contributed by atoms with van der Waals surface area (Å²) < 4.78 is 7.66. The highest BCUT2D eigenvalue weighted by atomic mass is 16.5. The molecule has 2 aliphatic heterocycles. The largest absolute Gasteiger partial charge is 0.493 e. The Bertz CT molecular complexity index is 1090. The Labute approximate surface area is 226 Å². The zero-order valence-electron chi connectivity index (χ0n) is 22.8. The Morgan fingerprint density at radius 1 is 1.24 bits per heavy atom. The number of fused-ring (bicyclic) bond motifs is 1. The van der Waals surface area contributed by atoms with E-state index in [1.807, 2.05) is 34.8 Å². The molecule has 2 aliphatic rings. The van der Waals surface area contributed by atoms with E-state index in [1.165, 1.54) is 0 Å². The van der Waals surface area contributed by atoms with Crippen molar-refractivity contribution in [2.75, 3.05) is 39.3 Å². The third-order valence-electron chi connectivity index (χ3n) is 8.11. The molecule has 3 heterocycles. The van der Waals surface area contributed by atoms with Crippen molar-refractivity contribution < 1.29 is 19.4 Å². The first kappa shape index (κ1) is 28.1. The van der Waals surface area contributed by atoms with Crippen LogP contribution in [-0.2, 0) is 29.5 Å². The molecule has 0 radical (unpaired) electrons. The van der Waals surface area contributed by atoms with Crippen molar-refractivity contribution in [3.05, 3.63) is 47.5 Å². The van der Waals surface area contributed by atoms with E-state index in [1.54, 1.807) is 6.20 Å². The number of carbonyl (C=O) groups is 2. The second kappa shape index (κ2) is 13.2. The standard InChI is InChI=1S/C29H43N5O4/c1-3-4-14-33(15-6-5-12-30)27(35)20-34-19-23(21-7-9-25-22(18-21)11-17-38-25)28(29(36)37)24(34)8-10-26-31-13-16-32(26)2/h7,9,13,16,18,23-24,28H,3-6,8,10-12,14-15,17,19-20,30H2,1-2H3,(H,36,37). The van der Waals surface area contributed by atoms with Crippen LogP contribution >= 0.6 is 0 Å². The number of aliphatic carboxylic acids is 1. The van der Waals surface area contributed by atoms with Crippen LogP contribution in [-0.4, -0.2) is 81.7 Å². The van der Waals surface area contributed by atoms with Gasteiger partial charge in [-0.3, -0.25) is 14.5 Å². The maximum Gasteiger partial charge on any atom is 0.308 e. The first-order chi connectivity index (χ1) is 18.4. The van der Waals surface area contributed by atoms with E-state index in [0.717, 1.165) is 61.3 Å². The molecule has 1 fully saturated rings. The van der Waals surface area contributed by atoms with Gasteiger partial charge in [-0.2, -0.15) is 0 Å². The molecular weight excluding hydrogens is 482 g/mol. The van der Waals surface area contributed by atoms with Gasteiger partial charge in [-0.25, -0.2) is 4.98 Å². The van der Waals surface area contributed by atoms with Gasteiger partial charge < -0.3 is 25.0 Å². The van der Waals surface area contributed by atoms with Gasteiger partial charge in [0, 0.05) is 63.9 Å². The maximum absolute atomic E-state index is 13.6. The topological polar surface area (TPSA) is 114 Å². The number of benzene rings is 1. The number of ether oxygens (including phenoxy) is 1. The Kier molecular flexibility index (Phi) is 9.80. The van der Waals surface area contributed by atoms with Crippen molar-refractivity contribution in [3.63, 3.8) is 0 Å². The van der Waals surface area contributed by atoms with Gasteiger partial charge in [0.1, 0.15) is 11.6 Å². The van der Waals surface area contributed by atoms with Crippen LogP contribution in [0.1, 0.15) is 61.9 Å². The van der Waals surface area contributed by atoms with E-state index in [0.29, 0.717) is 39.1 Å². The molecule has 3 unspecified atom stereocenters. The molecule has 0 spiro atoms. The molecule has 38 heavy (non-hydrogen) atoms. The number of carbonyl (C=O) groups excluding carboxylic acids is 1. The third kappa shape index (κ3) is 6.56. The Morgan fingerprint density at radius 3 is 2.76 bits per heavy atom. The molecule has 1 saturated heterocycles. The predicted octanol–water partition coefficient (Wildman–Crippen LogP) is 2.82. The van der Waals surface area contributed by atoms with E-state index < -0.39 is 11.9 Å². The van der Waals surface area contributed by atoms with Crippen LogP contribution in [0.25, 0.3) is 0 Å². The van der Waals surface area contributed by atoms with Gasteiger partial charge in [-0.15, -0.1) is 0 Å². The Hall–Kier alpha value is -2.91. The van der Waals surface area contributed by atoms with Crippen LogP contribution in [0.15, 0.2) is 30.6 Å². The van der Waals surface area contributed by atoms with Gasteiger partial charge >= 0.3 is 5.97 Å². The summed E-state index contributed by atoms with van der Waals surface area (Å²) in [7, 11) is 1.95. The van der Waals surface area contributed by atoms with Crippen LogP contribution in [0, 0.1) is 5.92 Å².